The molecule has 1 aromatic rings. The number of fused-ring (bicyclic) bond motifs is 1. The van der Waals surface area contributed by atoms with Gasteiger partial charge < -0.3 is 14.8 Å². The molecule has 1 aromatic carbocycles. The van der Waals surface area contributed by atoms with E-state index in [4.69, 9.17) is 9.47 Å². The van der Waals surface area contributed by atoms with Gasteiger partial charge >= 0.3 is 0 Å². The Bertz CT molecular complexity index is 502. The highest BCUT2D eigenvalue weighted by molar-refractivity contribution is 5.52. The van der Waals surface area contributed by atoms with Crippen molar-refractivity contribution in [1.82, 2.24) is 5.32 Å². The minimum Gasteiger partial charge on any atom is -0.454 e. The van der Waals surface area contributed by atoms with Gasteiger partial charge in [-0.1, -0.05) is 0 Å². The number of benzene rings is 1. The molecule has 4 heteroatoms. The smallest absolute Gasteiger partial charge is 0.231 e. The van der Waals surface area contributed by atoms with Crippen LogP contribution < -0.4 is 14.8 Å². The summed E-state index contributed by atoms with van der Waals surface area (Å²) < 4.78 is 25.4. The van der Waals surface area contributed by atoms with Crippen LogP contribution in [0.3, 0.4) is 0 Å². The first-order valence-corrected chi connectivity index (χ1v) is 6.79. The van der Waals surface area contributed by atoms with Crippen LogP contribution in [-0.4, -0.2) is 13.3 Å². The van der Waals surface area contributed by atoms with Crippen molar-refractivity contribution >= 4 is 0 Å². The average molecular weight is 265 g/mol. The molecule has 0 aliphatic carbocycles. The van der Waals surface area contributed by atoms with Gasteiger partial charge in [-0.05, 0) is 63.4 Å². The van der Waals surface area contributed by atoms with Crippen molar-refractivity contribution < 1.29 is 13.9 Å². The molecule has 2 aliphatic heterocycles. The summed E-state index contributed by atoms with van der Waals surface area (Å²) in [4.78, 5) is 0. The molecule has 3 rings (SSSR count). The van der Waals surface area contributed by atoms with Crippen LogP contribution in [0.5, 0.6) is 11.5 Å². The zero-order valence-electron chi connectivity index (χ0n) is 11.7. The highest BCUT2D eigenvalue weighted by atomic mass is 19.1. The lowest BCUT2D eigenvalue weighted by atomic mass is 9.82. The summed E-state index contributed by atoms with van der Waals surface area (Å²) in [6, 6.07) is 3.74. The van der Waals surface area contributed by atoms with Gasteiger partial charge in [0.25, 0.3) is 0 Å². The van der Waals surface area contributed by atoms with E-state index in [0.717, 1.165) is 30.7 Å². The van der Waals surface area contributed by atoms with E-state index in [2.05, 4.69) is 12.2 Å². The molecular formula is C15H20FNO2. The summed E-state index contributed by atoms with van der Waals surface area (Å²) in [6.07, 6.45) is 2.12. The summed E-state index contributed by atoms with van der Waals surface area (Å²) in [5.74, 6) is 1.36. The van der Waals surface area contributed by atoms with Crippen LogP contribution in [0.25, 0.3) is 0 Å². The van der Waals surface area contributed by atoms with E-state index in [9.17, 15) is 4.39 Å². The average Bonchev–Trinajstić information content (AvgIpc) is 2.94. The normalized spacial score (nSPS) is 25.9. The monoisotopic (exact) mass is 265 g/mol. The largest absolute Gasteiger partial charge is 0.454 e. The van der Waals surface area contributed by atoms with Gasteiger partial charge in [0.15, 0.2) is 11.5 Å². The second-order valence-corrected chi connectivity index (χ2v) is 6.09. The SMILES string of the molecule is CC(C)(F)c1cc2c(cc1C1(C)CCCN1)OCO2. The number of hydrogen-bond acceptors (Lipinski definition) is 3. The molecule has 0 saturated carbocycles. The predicted molar refractivity (Wildman–Crippen MR) is 71.3 cm³/mol. The fourth-order valence-electron chi connectivity index (χ4n) is 3.01. The van der Waals surface area contributed by atoms with Gasteiger partial charge in [-0.25, -0.2) is 4.39 Å². The number of halogens is 1. The lowest BCUT2D eigenvalue weighted by Gasteiger charge is -2.31. The van der Waals surface area contributed by atoms with Gasteiger partial charge in [0.2, 0.25) is 6.79 Å². The topological polar surface area (TPSA) is 30.5 Å². The second-order valence-electron chi connectivity index (χ2n) is 6.09. The molecule has 0 spiro atoms. The maximum atomic E-state index is 14.5. The molecule has 1 fully saturated rings. The third-order valence-corrected chi connectivity index (χ3v) is 4.12. The molecule has 0 aromatic heterocycles. The number of hydrogen-bond donors (Lipinski definition) is 1. The summed E-state index contributed by atoms with van der Waals surface area (Å²) in [5.41, 5.74) is 0.0962. The number of ether oxygens (including phenoxy) is 2. The molecule has 1 N–H and O–H groups in total. The third kappa shape index (κ3) is 2.08. The summed E-state index contributed by atoms with van der Waals surface area (Å²) in [6.45, 7) is 6.50. The van der Waals surface area contributed by atoms with Gasteiger partial charge in [-0.15, -0.1) is 0 Å². The highest BCUT2D eigenvalue weighted by Crippen LogP contribution is 2.45. The fraction of sp³-hybridized carbons (Fsp3) is 0.600. The Balaban J connectivity index is 2.16. The van der Waals surface area contributed by atoms with Crippen molar-refractivity contribution in [3.8, 4) is 11.5 Å². The van der Waals surface area contributed by atoms with E-state index in [0.29, 0.717) is 11.3 Å². The van der Waals surface area contributed by atoms with Gasteiger partial charge in [-0.2, -0.15) is 0 Å². The minimum absolute atomic E-state index is 0.181. The van der Waals surface area contributed by atoms with E-state index in [-0.39, 0.29) is 12.3 Å². The van der Waals surface area contributed by atoms with Gasteiger partial charge in [-0.3, -0.25) is 0 Å². The van der Waals surface area contributed by atoms with E-state index in [1.54, 1.807) is 19.9 Å². The van der Waals surface area contributed by atoms with E-state index in [1.165, 1.54) is 0 Å². The van der Waals surface area contributed by atoms with Crippen molar-refractivity contribution in [2.45, 2.75) is 44.8 Å². The molecule has 2 aliphatic rings. The number of alkyl halides is 1. The first-order chi connectivity index (χ1) is 8.90. The van der Waals surface area contributed by atoms with E-state index < -0.39 is 5.67 Å². The molecule has 19 heavy (non-hydrogen) atoms. The minimum atomic E-state index is -1.40. The molecule has 1 saturated heterocycles. The molecule has 2 heterocycles. The Morgan fingerprint density at radius 3 is 2.53 bits per heavy atom. The zero-order chi connectivity index (χ0) is 13.7. The summed E-state index contributed by atoms with van der Waals surface area (Å²) in [7, 11) is 0. The Morgan fingerprint density at radius 2 is 1.95 bits per heavy atom. The van der Waals surface area contributed by atoms with Gasteiger partial charge in [0, 0.05) is 5.54 Å². The Kier molecular flexibility index (Phi) is 2.75. The standard InChI is InChI=1S/C15H20FNO2/c1-14(2,16)10-7-12-13(19-9-18-12)8-11(10)15(3)5-4-6-17-15/h7-8,17H,4-6,9H2,1-3H3. The van der Waals surface area contributed by atoms with Gasteiger partial charge in [0.05, 0.1) is 0 Å². The molecule has 3 nitrogen and oxygen atoms in total. The van der Waals surface area contributed by atoms with Crippen molar-refractivity contribution in [1.29, 1.82) is 0 Å². The Hall–Kier alpha value is -1.29. The maximum Gasteiger partial charge on any atom is 0.231 e. The second kappa shape index (κ2) is 4.10. The molecular weight excluding hydrogens is 245 g/mol. The van der Waals surface area contributed by atoms with Crippen molar-refractivity contribution in [2.75, 3.05) is 13.3 Å². The van der Waals surface area contributed by atoms with Crippen LogP contribution in [0, 0.1) is 0 Å². The highest BCUT2D eigenvalue weighted by Gasteiger charge is 2.37. The Morgan fingerprint density at radius 1 is 1.26 bits per heavy atom. The third-order valence-electron chi connectivity index (χ3n) is 4.12. The van der Waals surface area contributed by atoms with Crippen LogP contribution in [0.4, 0.5) is 4.39 Å². The quantitative estimate of drug-likeness (QED) is 0.890. The molecule has 0 amide bonds. The maximum absolute atomic E-state index is 14.5. The van der Waals surface area contributed by atoms with Crippen LogP contribution in [-0.2, 0) is 11.2 Å². The van der Waals surface area contributed by atoms with Gasteiger partial charge in [0.1, 0.15) is 5.67 Å². The van der Waals surface area contributed by atoms with Crippen LogP contribution in [0.15, 0.2) is 12.1 Å². The predicted octanol–water partition coefficient (Wildman–Crippen LogP) is 3.22. The first-order valence-electron chi connectivity index (χ1n) is 6.79. The first kappa shape index (κ1) is 12.7. The molecule has 1 unspecified atom stereocenters. The van der Waals surface area contributed by atoms with Crippen LogP contribution in [0.1, 0.15) is 44.7 Å². The summed E-state index contributed by atoms with van der Waals surface area (Å²) in [5, 5.41) is 3.49. The van der Waals surface area contributed by atoms with Crippen molar-refractivity contribution in [3.05, 3.63) is 23.3 Å². The fourth-order valence-corrected chi connectivity index (χ4v) is 3.01. The van der Waals surface area contributed by atoms with Crippen molar-refractivity contribution in [3.63, 3.8) is 0 Å². The van der Waals surface area contributed by atoms with E-state index >= 15 is 0 Å². The van der Waals surface area contributed by atoms with Crippen LogP contribution in [0.2, 0.25) is 0 Å². The van der Waals surface area contributed by atoms with E-state index in [1.807, 2.05) is 6.07 Å². The Labute approximate surface area is 113 Å². The zero-order valence-corrected chi connectivity index (χ0v) is 11.7. The number of rotatable bonds is 2. The summed E-state index contributed by atoms with van der Waals surface area (Å²) >= 11 is 0. The lowest BCUT2D eigenvalue weighted by Crippen LogP contribution is -2.35. The van der Waals surface area contributed by atoms with Crippen LogP contribution >= 0.6 is 0 Å². The number of nitrogens with one attached hydrogen (secondary N) is 1. The molecule has 0 radical (unpaired) electrons. The molecule has 0 bridgehead atoms. The molecule has 1 atom stereocenters. The van der Waals surface area contributed by atoms with Crippen molar-refractivity contribution in [2.24, 2.45) is 0 Å². The lowest BCUT2D eigenvalue weighted by molar-refractivity contribution is 0.173. The molecule has 104 valence electrons.